The number of rotatable bonds is 5. The van der Waals surface area contributed by atoms with Crippen LogP contribution >= 0.6 is 0 Å². The Morgan fingerprint density at radius 1 is 1.31 bits per heavy atom. The van der Waals surface area contributed by atoms with Crippen LogP contribution in [-0.2, 0) is 10.0 Å². The van der Waals surface area contributed by atoms with Gasteiger partial charge in [0.1, 0.15) is 0 Å². The maximum absolute atomic E-state index is 11.3. The van der Waals surface area contributed by atoms with Crippen molar-refractivity contribution in [2.24, 2.45) is 11.1 Å². The Hall–Kier alpha value is -0.130. The molecule has 0 radical (unpaired) electrons. The van der Waals surface area contributed by atoms with Gasteiger partial charge in [-0.25, -0.2) is 13.1 Å². The fourth-order valence-corrected chi connectivity index (χ4v) is 2.02. The second-order valence-corrected chi connectivity index (χ2v) is 6.27. The van der Waals surface area contributed by atoms with Crippen molar-refractivity contribution in [1.82, 2.24) is 4.72 Å². The molecule has 0 fully saturated rings. The Kier molecular flexibility index (Phi) is 4.88. The van der Waals surface area contributed by atoms with E-state index >= 15 is 0 Å². The van der Waals surface area contributed by atoms with Crippen LogP contribution < -0.4 is 10.5 Å². The quantitative estimate of drug-likeness (QED) is 0.682. The molecule has 0 heterocycles. The molecule has 0 aliphatic carbocycles. The van der Waals surface area contributed by atoms with Crippen LogP contribution in [0.3, 0.4) is 0 Å². The molecule has 0 bridgehead atoms. The first-order valence-corrected chi connectivity index (χ1v) is 6.09. The zero-order valence-corrected chi connectivity index (χ0v) is 9.45. The third-order valence-corrected chi connectivity index (χ3v) is 2.85. The van der Waals surface area contributed by atoms with Gasteiger partial charge in [0.15, 0.2) is 0 Å². The van der Waals surface area contributed by atoms with Crippen LogP contribution in [0, 0.1) is 5.41 Å². The predicted octanol–water partition coefficient (Wildman–Crippen LogP) is 0.301. The Morgan fingerprint density at radius 2 is 1.85 bits per heavy atom. The number of nitrogens with one attached hydrogen (secondary N) is 1. The fraction of sp³-hybridized carbons (Fsp3) is 1.00. The van der Waals surface area contributed by atoms with E-state index in [0.29, 0.717) is 19.5 Å². The molecule has 0 aromatic carbocycles. The summed E-state index contributed by atoms with van der Waals surface area (Å²) in [5.41, 5.74) is 5.21. The summed E-state index contributed by atoms with van der Waals surface area (Å²) in [5.74, 6) is 0.125. The molecule has 0 aliphatic heterocycles. The van der Waals surface area contributed by atoms with E-state index in [1.165, 1.54) is 0 Å². The van der Waals surface area contributed by atoms with Crippen molar-refractivity contribution in [3.8, 4) is 0 Å². The average Bonchev–Trinajstić information content (AvgIpc) is 1.97. The molecule has 0 aromatic heterocycles. The zero-order chi connectivity index (χ0) is 10.5. The molecule has 0 aromatic rings. The van der Waals surface area contributed by atoms with Crippen molar-refractivity contribution in [2.75, 3.05) is 18.8 Å². The van der Waals surface area contributed by atoms with Gasteiger partial charge in [-0.3, -0.25) is 0 Å². The summed E-state index contributed by atoms with van der Waals surface area (Å²) >= 11 is 0. The molecule has 5 heteroatoms. The van der Waals surface area contributed by atoms with Crippen LogP contribution in [0.15, 0.2) is 0 Å². The van der Waals surface area contributed by atoms with Gasteiger partial charge in [0, 0.05) is 6.54 Å². The van der Waals surface area contributed by atoms with E-state index in [1.807, 2.05) is 20.8 Å². The summed E-state index contributed by atoms with van der Waals surface area (Å²) < 4.78 is 25.1. The third kappa shape index (κ3) is 8.21. The first-order chi connectivity index (χ1) is 5.77. The third-order valence-electron chi connectivity index (χ3n) is 1.44. The summed E-state index contributed by atoms with van der Waals surface area (Å²) in [6.07, 6.45) is 0.513. The summed E-state index contributed by atoms with van der Waals surface area (Å²) in [6.45, 7) is 6.84. The van der Waals surface area contributed by atoms with Gasteiger partial charge in [0.05, 0.1) is 5.75 Å². The van der Waals surface area contributed by atoms with E-state index in [0.717, 1.165) is 0 Å². The minimum atomic E-state index is -3.11. The van der Waals surface area contributed by atoms with Crippen LogP contribution in [0.5, 0.6) is 0 Å². The standard InChI is InChI=1S/C8H20N2O2S/c1-8(2,3)7-10-13(11,12)6-4-5-9/h10H,4-7,9H2,1-3H3. The smallest absolute Gasteiger partial charge is 0.211 e. The van der Waals surface area contributed by atoms with Crippen LogP contribution in [0.2, 0.25) is 0 Å². The molecule has 13 heavy (non-hydrogen) atoms. The molecule has 0 rings (SSSR count). The first-order valence-electron chi connectivity index (χ1n) is 4.44. The van der Waals surface area contributed by atoms with E-state index in [9.17, 15) is 8.42 Å². The molecule has 4 nitrogen and oxygen atoms in total. The van der Waals surface area contributed by atoms with Crippen molar-refractivity contribution in [3.05, 3.63) is 0 Å². The number of hydrogen-bond donors (Lipinski definition) is 2. The second kappa shape index (κ2) is 4.93. The highest BCUT2D eigenvalue weighted by Crippen LogP contribution is 2.10. The minimum absolute atomic E-state index is 0.0181. The van der Waals surface area contributed by atoms with Crippen molar-refractivity contribution in [1.29, 1.82) is 0 Å². The van der Waals surface area contributed by atoms with Crippen LogP contribution in [0.25, 0.3) is 0 Å². The monoisotopic (exact) mass is 208 g/mol. The van der Waals surface area contributed by atoms with Crippen molar-refractivity contribution in [3.63, 3.8) is 0 Å². The number of nitrogens with two attached hydrogens (primary N) is 1. The first kappa shape index (κ1) is 12.9. The minimum Gasteiger partial charge on any atom is -0.330 e. The molecule has 80 valence electrons. The summed E-state index contributed by atoms with van der Waals surface area (Å²) in [6, 6.07) is 0. The zero-order valence-electron chi connectivity index (χ0n) is 8.63. The van der Waals surface area contributed by atoms with Gasteiger partial charge in [0.2, 0.25) is 10.0 Å². The topological polar surface area (TPSA) is 72.2 Å². The van der Waals surface area contributed by atoms with Crippen LogP contribution in [0.1, 0.15) is 27.2 Å². The largest absolute Gasteiger partial charge is 0.330 e. The van der Waals surface area contributed by atoms with Gasteiger partial charge >= 0.3 is 0 Å². The van der Waals surface area contributed by atoms with Gasteiger partial charge in [0.25, 0.3) is 0 Å². The molecule has 0 spiro atoms. The fourth-order valence-electron chi connectivity index (χ4n) is 0.672. The lowest BCUT2D eigenvalue weighted by atomic mass is 9.98. The van der Waals surface area contributed by atoms with Crippen molar-refractivity contribution < 1.29 is 8.42 Å². The molecule has 0 unspecified atom stereocenters. The molecule has 3 N–H and O–H groups in total. The SMILES string of the molecule is CC(C)(C)CNS(=O)(=O)CCCN. The van der Waals surface area contributed by atoms with Gasteiger partial charge in [-0.1, -0.05) is 20.8 Å². The van der Waals surface area contributed by atoms with Gasteiger partial charge < -0.3 is 5.73 Å². The van der Waals surface area contributed by atoms with Crippen LogP contribution in [0.4, 0.5) is 0 Å². The molecular weight excluding hydrogens is 188 g/mol. The Morgan fingerprint density at radius 3 is 2.23 bits per heavy atom. The van der Waals surface area contributed by atoms with Gasteiger partial charge in [-0.05, 0) is 18.4 Å². The maximum Gasteiger partial charge on any atom is 0.211 e. The van der Waals surface area contributed by atoms with Gasteiger partial charge in [-0.15, -0.1) is 0 Å². The van der Waals surface area contributed by atoms with Gasteiger partial charge in [-0.2, -0.15) is 0 Å². The molecule has 0 aliphatic rings. The molecule has 0 atom stereocenters. The van der Waals surface area contributed by atoms with Crippen molar-refractivity contribution in [2.45, 2.75) is 27.2 Å². The number of hydrogen-bond acceptors (Lipinski definition) is 3. The Labute approximate surface area is 80.9 Å². The lowest BCUT2D eigenvalue weighted by Crippen LogP contribution is -2.34. The molecule has 0 saturated heterocycles. The van der Waals surface area contributed by atoms with E-state index < -0.39 is 10.0 Å². The number of sulfonamides is 1. The Bertz CT molecular complexity index is 229. The van der Waals surface area contributed by atoms with E-state index in [2.05, 4.69) is 4.72 Å². The lowest BCUT2D eigenvalue weighted by molar-refractivity contribution is 0.407. The summed E-state index contributed by atoms with van der Waals surface area (Å²) in [4.78, 5) is 0. The maximum atomic E-state index is 11.3. The summed E-state index contributed by atoms with van der Waals surface area (Å²) in [5, 5.41) is 0. The molecular formula is C8H20N2O2S. The predicted molar refractivity (Wildman–Crippen MR) is 54.9 cm³/mol. The van der Waals surface area contributed by atoms with E-state index in [1.54, 1.807) is 0 Å². The Balaban J connectivity index is 3.91. The van der Waals surface area contributed by atoms with E-state index in [-0.39, 0.29) is 11.2 Å². The molecule has 0 amide bonds. The average molecular weight is 208 g/mol. The highest BCUT2D eigenvalue weighted by atomic mass is 32.2. The molecule has 0 saturated carbocycles. The van der Waals surface area contributed by atoms with E-state index in [4.69, 9.17) is 5.73 Å². The van der Waals surface area contributed by atoms with Crippen molar-refractivity contribution >= 4 is 10.0 Å². The highest BCUT2D eigenvalue weighted by molar-refractivity contribution is 7.89. The normalized spacial score (nSPS) is 13.2. The summed E-state index contributed by atoms with van der Waals surface area (Å²) in [7, 11) is -3.11. The highest BCUT2D eigenvalue weighted by Gasteiger charge is 2.15. The lowest BCUT2D eigenvalue weighted by Gasteiger charge is -2.18. The second-order valence-electron chi connectivity index (χ2n) is 4.34. The van der Waals surface area contributed by atoms with Crippen LogP contribution in [-0.4, -0.2) is 27.3 Å².